The smallest absolute Gasteiger partial charge is 0.337 e. The molecular weight excluding hydrogens is 299 g/mol. The Morgan fingerprint density at radius 2 is 1.80 bits per heavy atom. The minimum Gasteiger partial charge on any atom is -0.423 e. The zero-order valence-corrected chi connectivity index (χ0v) is 11.7. The minimum atomic E-state index is -0.426. The van der Waals surface area contributed by atoms with Crippen LogP contribution in [0.15, 0.2) is 67.5 Å². The predicted molar refractivity (Wildman–Crippen MR) is 78.0 cm³/mol. The van der Waals surface area contributed by atoms with Crippen molar-refractivity contribution in [3.8, 4) is 0 Å². The van der Waals surface area contributed by atoms with Gasteiger partial charge in [0.05, 0.1) is 0 Å². The molecule has 0 bridgehead atoms. The molecule has 0 N–H and O–H groups in total. The number of halogens is 2. The zero-order chi connectivity index (χ0) is 14.1. The lowest BCUT2D eigenvalue weighted by atomic mass is 10.2. The second kappa shape index (κ2) is 5.31. The van der Waals surface area contributed by atoms with E-state index < -0.39 is 5.63 Å². The molecule has 0 fully saturated rings. The summed E-state index contributed by atoms with van der Waals surface area (Å²) in [7, 11) is 0. The first-order valence-electron chi connectivity index (χ1n) is 5.79. The van der Waals surface area contributed by atoms with Gasteiger partial charge in [0.15, 0.2) is 0 Å². The summed E-state index contributed by atoms with van der Waals surface area (Å²) in [6, 6.07) is 12.5. The minimum absolute atomic E-state index is 0.296. The quantitative estimate of drug-likeness (QED) is 0.641. The van der Waals surface area contributed by atoms with Crippen LogP contribution < -0.4 is 5.63 Å². The summed E-state index contributed by atoms with van der Waals surface area (Å²) in [6.07, 6.45) is 0. The highest BCUT2D eigenvalue weighted by Gasteiger charge is 2.08. The third-order valence-electron chi connectivity index (χ3n) is 2.71. The molecule has 0 saturated carbocycles. The molecule has 0 atom stereocenters. The molecular formula is C15H8ClFO2S. The van der Waals surface area contributed by atoms with E-state index >= 15 is 0 Å². The van der Waals surface area contributed by atoms with Gasteiger partial charge >= 0.3 is 5.63 Å². The van der Waals surface area contributed by atoms with Crippen LogP contribution in [0.1, 0.15) is 0 Å². The Morgan fingerprint density at radius 3 is 2.55 bits per heavy atom. The highest BCUT2D eigenvalue weighted by molar-refractivity contribution is 7.99. The fourth-order valence-electron chi connectivity index (χ4n) is 1.82. The van der Waals surface area contributed by atoms with Crippen molar-refractivity contribution >= 4 is 34.3 Å². The van der Waals surface area contributed by atoms with Gasteiger partial charge in [-0.05, 0) is 42.5 Å². The first-order valence-corrected chi connectivity index (χ1v) is 6.98. The molecule has 100 valence electrons. The molecule has 0 unspecified atom stereocenters. The number of benzene rings is 2. The molecule has 0 amide bonds. The van der Waals surface area contributed by atoms with E-state index in [0.29, 0.717) is 10.6 Å². The highest BCUT2D eigenvalue weighted by Crippen LogP contribution is 2.33. The number of hydrogen-bond donors (Lipinski definition) is 0. The van der Waals surface area contributed by atoms with Crippen LogP contribution >= 0.6 is 23.4 Å². The molecule has 0 spiro atoms. The van der Waals surface area contributed by atoms with Gasteiger partial charge in [0.2, 0.25) is 0 Å². The summed E-state index contributed by atoms with van der Waals surface area (Å²) < 4.78 is 18.0. The van der Waals surface area contributed by atoms with Gasteiger partial charge in [0.1, 0.15) is 11.4 Å². The highest BCUT2D eigenvalue weighted by atomic mass is 35.5. The molecule has 2 nitrogen and oxygen atoms in total. The molecule has 1 aromatic heterocycles. The Labute approximate surface area is 123 Å². The molecule has 0 aliphatic carbocycles. The van der Waals surface area contributed by atoms with E-state index in [9.17, 15) is 9.18 Å². The molecule has 0 saturated heterocycles. The van der Waals surface area contributed by atoms with Gasteiger partial charge in [-0.15, -0.1) is 0 Å². The fraction of sp³-hybridized carbons (Fsp3) is 0. The Kier molecular flexibility index (Phi) is 3.51. The fourth-order valence-corrected chi connectivity index (χ4v) is 2.94. The summed E-state index contributed by atoms with van der Waals surface area (Å²) >= 11 is 7.34. The second-order valence-electron chi connectivity index (χ2n) is 4.13. The molecule has 2 aromatic carbocycles. The van der Waals surface area contributed by atoms with Crippen molar-refractivity contribution in [1.29, 1.82) is 0 Å². The average molecular weight is 307 g/mol. The van der Waals surface area contributed by atoms with E-state index in [4.69, 9.17) is 16.0 Å². The Hall–Kier alpha value is -1.78. The molecule has 20 heavy (non-hydrogen) atoms. The van der Waals surface area contributed by atoms with Crippen molar-refractivity contribution in [3.63, 3.8) is 0 Å². The maximum absolute atomic E-state index is 12.9. The standard InChI is InChI=1S/C15H8ClFO2S/c16-9-1-6-13-12(7-9)14(8-15(18)19-13)20-11-4-2-10(17)3-5-11/h1-8H. The molecule has 3 aromatic rings. The van der Waals surface area contributed by atoms with Crippen molar-refractivity contribution in [3.05, 3.63) is 69.8 Å². The molecule has 3 rings (SSSR count). The van der Waals surface area contributed by atoms with E-state index in [1.54, 1.807) is 30.3 Å². The van der Waals surface area contributed by atoms with Gasteiger partial charge in [0.25, 0.3) is 0 Å². The average Bonchev–Trinajstić information content (AvgIpc) is 2.42. The maximum Gasteiger partial charge on any atom is 0.337 e. The van der Waals surface area contributed by atoms with Crippen LogP contribution in [0.4, 0.5) is 4.39 Å². The van der Waals surface area contributed by atoms with E-state index in [2.05, 4.69) is 0 Å². The van der Waals surface area contributed by atoms with Gasteiger partial charge in [-0.1, -0.05) is 23.4 Å². The third-order valence-corrected chi connectivity index (χ3v) is 4.01. The van der Waals surface area contributed by atoms with E-state index in [0.717, 1.165) is 15.2 Å². The van der Waals surface area contributed by atoms with Crippen LogP contribution in [0.2, 0.25) is 5.02 Å². The van der Waals surface area contributed by atoms with Crippen LogP contribution in [0, 0.1) is 5.82 Å². The number of fused-ring (bicyclic) bond motifs is 1. The topological polar surface area (TPSA) is 30.2 Å². The van der Waals surface area contributed by atoms with Gasteiger partial charge in [0, 0.05) is 26.3 Å². The Morgan fingerprint density at radius 1 is 1.05 bits per heavy atom. The van der Waals surface area contributed by atoms with Gasteiger partial charge in [-0.3, -0.25) is 0 Å². The first kappa shape index (κ1) is 13.2. The monoisotopic (exact) mass is 306 g/mol. The van der Waals surface area contributed by atoms with Crippen LogP contribution in [0.3, 0.4) is 0 Å². The lowest BCUT2D eigenvalue weighted by molar-refractivity contribution is 0.557. The summed E-state index contributed by atoms with van der Waals surface area (Å²) in [4.78, 5) is 13.1. The van der Waals surface area contributed by atoms with Crippen molar-refractivity contribution in [2.24, 2.45) is 0 Å². The van der Waals surface area contributed by atoms with Gasteiger partial charge in [-0.25, -0.2) is 9.18 Å². The van der Waals surface area contributed by atoms with Crippen molar-refractivity contribution in [2.75, 3.05) is 0 Å². The normalized spacial score (nSPS) is 10.9. The van der Waals surface area contributed by atoms with E-state index in [1.165, 1.54) is 30.0 Å². The van der Waals surface area contributed by atoms with Crippen molar-refractivity contribution < 1.29 is 8.81 Å². The van der Waals surface area contributed by atoms with Crippen LogP contribution in [0.5, 0.6) is 0 Å². The predicted octanol–water partition coefficient (Wildman–Crippen LogP) is 4.74. The molecule has 5 heteroatoms. The lowest BCUT2D eigenvalue weighted by Gasteiger charge is -2.05. The SMILES string of the molecule is O=c1cc(Sc2ccc(F)cc2)c2cc(Cl)ccc2o1. The summed E-state index contributed by atoms with van der Waals surface area (Å²) in [5, 5.41) is 1.32. The van der Waals surface area contributed by atoms with Gasteiger partial charge < -0.3 is 4.42 Å². The zero-order valence-electron chi connectivity index (χ0n) is 10.1. The maximum atomic E-state index is 12.9. The molecule has 0 aliphatic heterocycles. The van der Waals surface area contributed by atoms with E-state index in [1.807, 2.05) is 0 Å². The summed E-state index contributed by atoms with van der Waals surface area (Å²) in [5.74, 6) is -0.296. The van der Waals surface area contributed by atoms with Gasteiger partial charge in [-0.2, -0.15) is 0 Å². The van der Waals surface area contributed by atoms with Crippen LogP contribution in [-0.2, 0) is 0 Å². The molecule has 0 aliphatic rings. The van der Waals surface area contributed by atoms with Crippen molar-refractivity contribution in [1.82, 2.24) is 0 Å². The second-order valence-corrected chi connectivity index (χ2v) is 5.68. The number of hydrogen-bond acceptors (Lipinski definition) is 3. The molecule has 1 heterocycles. The Bertz CT molecular complexity index is 827. The molecule has 0 radical (unpaired) electrons. The Balaban J connectivity index is 2.12. The van der Waals surface area contributed by atoms with Crippen LogP contribution in [-0.4, -0.2) is 0 Å². The van der Waals surface area contributed by atoms with E-state index in [-0.39, 0.29) is 5.82 Å². The van der Waals surface area contributed by atoms with Crippen LogP contribution in [0.25, 0.3) is 11.0 Å². The third kappa shape index (κ3) is 2.71. The summed E-state index contributed by atoms with van der Waals surface area (Å²) in [6.45, 7) is 0. The summed E-state index contributed by atoms with van der Waals surface area (Å²) in [5.41, 5.74) is 0.0518. The number of rotatable bonds is 2. The lowest BCUT2D eigenvalue weighted by Crippen LogP contribution is -1.97. The van der Waals surface area contributed by atoms with Crippen molar-refractivity contribution in [2.45, 2.75) is 9.79 Å². The largest absolute Gasteiger partial charge is 0.423 e. The first-order chi connectivity index (χ1) is 9.61.